The van der Waals surface area contributed by atoms with Crippen LogP contribution in [0.2, 0.25) is 0 Å². The molecule has 1 N–H and O–H groups in total. The normalized spacial score (nSPS) is 15.0. The Bertz CT molecular complexity index is 125. The second-order valence-corrected chi connectivity index (χ2v) is 5.08. The van der Waals surface area contributed by atoms with Crippen molar-refractivity contribution >= 4 is 0 Å². The predicted molar refractivity (Wildman–Crippen MR) is 55.7 cm³/mol. The maximum Gasteiger partial charge on any atom is 0.0701 e. The molecule has 0 aliphatic carbocycles. The standard InChI is InChI=1S/C11H24O2/c1-9(2)8-10(11(3,4)5)13-7-6-12/h9-10,12H,6-8H2,1-5H3. The van der Waals surface area contributed by atoms with E-state index in [1.54, 1.807) is 0 Å². The number of hydrogen-bond acceptors (Lipinski definition) is 2. The molecule has 0 fully saturated rings. The molecule has 2 heteroatoms. The van der Waals surface area contributed by atoms with Crippen LogP contribution in [0.5, 0.6) is 0 Å². The molecule has 0 bridgehead atoms. The fraction of sp³-hybridized carbons (Fsp3) is 1.00. The zero-order valence-corrected chi connectivity index (χ0v) is 9.63. The third kappa shape index (κ3) is 6.05. The van der Waals surface area contributed by atoms with Crippen molar-refractivity contribution in [3.8, 4) is 0 Å². The van der Waals surface area contributed by atoms with Crippen LogP contribution in [-0.4, -0.2) is 24.4 Å². The lowest BCUT2D eigenvalue weighted by Crippen LogP contribution is -2.31. The van der Waals surface area contributed by atoms with E-state index in [2.05, 4.69) is 34.6 Å². The van der Waals surface area contributed by atoms with E-state index < -0.39 is 0 Å². The lowest BCUT2D eigenvalue weighted by atomic mass is 9.84. The van der Waals surface area contributed by atoms with Gasteiger partial charge in [-0.3, -0.25) is 0 Å². The molecule has 0 aliphatic rings. The van der Waals surface area contributed by atoms with Gasteiger partial charge >= 0.3 is 0 Å². The monoisotopic (exact) mass is 188 g/mol. The summed E-state index contributed by atoms with van der Waals surface area (Å²) in [6.07, 6.45) is 1.31. The van der Waals surface area contributed by atoms with E-state index >= 15 is 0 Å². The van der Waals surface area contributed by atoms with Gasteiger partial charge in [-0.05, 0) is 17.8 Å². The van der Waals surface area contributed by atoms with Crippen LogP contribution in [0, 0.1) is 11.3 Å². The Hall–Kier alpha value is -0.0800. The summed E-state index contributed by atoms with van der Waals surface area (Å²) in [5, 5.41) is 8.69. The molecule has 0 saturated heterocycles. The minimum absolute atomic E-state index is 0.116. The molecule has 0 rings (SSSR count). The molecule has 0 heterocycles. The second-order valence-electron chi connectivity index (χ2n) is 5.08. The first-order chi connectivity index (χ1) is 5.88. The van der Waals surface area contributed by atoms with Crippen molar-refractivity contribution in [3.05, 3.63) is 0 Å². The van der Waals surface area contributed by atoms with Gasteiger partial charge in [0.25, 0.3) is 0 Å². The van der Waals surface area contributed by atoms with E-state index in [9.17, 15) is 0 Å². The highest BCUT2D eigenvalue weighted by Gasteiger charge is 2.25. The number of aliphatic hydroxyl groups is 1. The van der Waals surface area contributed by atoms with Crippen LogP contribution >= 0.6 is 0 Å². The van der Waals surface area contributed by atoms with Gasteiger partial charge in [0.2, 0.25) is 0 Å². The molecule has 0 amide bonds. The zero-order valence-electron chi connectivity index (χ0n) is 9.63. The summed E-state index contributed by atoms with van der Waals surface area (Å²) < 4.78 is 5.62. The highest BCUT2D eigenvalue weighted by atomic mass is 16.5. The molecule has 0 aromatic rings. The van der Waals surface area contributed by atoms with Crippen molar-refractivity contribution < 1.29 is 9.84 Å². The Kier molecular flexibility index (Phi) is 5.57. The Labute approximate surface area is 82.3 Å². The van der Waals surface area contributed by atoms with E-state index in [1.165, 1.54) is 0 Å². The molecule has 0 spiro atoms. The van der Waals surface area contributed by atoms with Crippen molar-refractivity contribution in [1.29, 1.82) is 0 Å². The van der Waals surface area contributed by atoms with E-state index in [0.717, 1.165) is 6.42 Å². The van der Waals surface area contributed by atoms with Gasteiger partial charge < -0.3 is 9.84 Å². The first kappa shape index (κ1) is 12.9. The van der Waals surface area contributed by atoms with Crippen LogP contribution in [0.4, 0.5) is 0 Å². The number of aliphatic hydroxyl groups excluding tert-OH is 1. The van der Waals surface area contributed by atoms with E-state index in [0.29, 0.717) is 12.5 Å². The topological polar surface area (TPSA) is 29.5 Å². The summed E-state index contributed by atoms with van der Waals surface area (Å²) >= 11 is 0. The van der Waals surface area contributed by atoms with Crippen molar-refractivity contribution in [1.82, 2.24) is 0 Å². The summed E-state index contributed by atoms with van der Waals surface area (Å²) in [6, 6.07) is 0. The SMILES string of the molecule is CC(C)CC(OCCO)C(C)(C)C. The average Bonchev–Trinajstić information content (AvgIpc) is 1.95. The maximum absolute atomic E-state index is 8.69. The third-order valence-electron chi connectivity index (χ3n) is 2.06. The van der Waals surface area contributed by atoms with Gasteiger partial charge in [0, 0.05) is 0 Å². The average molecular weight is 188 g/mol. The quantitative estimate of drug-likeness (QED) is 0.718. The smallest absolute Gasteiger partial charge is 0.0701 e. The molecule has 0 aliphatic heterocycles. The Balaban J connectivity index is 4.03. The van der Waals surface area contributed by atoms with Crippen LogP contribution in [0.15, 0.2) is 0 Å². The van der Waals surface area contributed by atoms with Crippen LogP contribution in [0.1, 0.15) is 41.0 Å². The molecule has 1 atom stereocenters. The predicted octanol–water partition coefficient (Wildman–Crippen LogP) is 2.46. The minimum atomic E-state index is 0.116. The van der Waals surface area contributed by atoms with Crippen LogP contribution < -0.4 is 0 Å². The molecule has 2 nitrogen and oxygen atoms in total. The second kappa shape index (κ2) is 5.61. The molecule has 0 aromatic carbocycles. The highest BCUT2D eigenvalue weighted by molar-refractivity contribution is 4.75. The van der Waals surface area contributed by atoms with Gasteiger partial charge in [-0.25, -0.2) is 0 Å². The van der Waals surface area contributed by atoms with E-state index in [1.807, 2.05) is 0 Å². The Morgan fingerprint density at radius 3 is 2.08 bits per heavy atom. The summed E-state index contributed by atoms with van der Waals surface area (Å²) in [5.74, 6) is 0.642. The lowest BCUT2D eigenvalue weighted by Gasteiger charge is -2.31. The fourth-order valence-electron chi connectivity index (χ4n) is 1.29. The summed E-state index contributed by atoms with van der Waals surface area (Å²) in [6.45, 7) is 11.5. The molecular formula is C11H24O2. The van der Waals surface area contributed by atoms with Crippen molar-refractivity contribution in [2.45, 2.75) is 47.1 Å². The van der Waals surface area contributed by atoms with Crippen LogP contribution in [0.25, 0.3) is 0 Å². The van der Waals surface area contributed by atoms with Gasteiger partial charge in [-0.2, -0.15) is 0 Å². The molecule has 1 unspecified atom stereocenters. The first-order valence-electron chi connectivity index (χ1n) is 5.10. The lowest BCUT2D eigenvalue weighted by molar-refractivity contribution is -0.0419. The van der Waals surface area contributed by atoms with Crippen LogP contribution in [-0.2, 0) is 4.74 Å². The van der Waals surface area contributed by atoms with Gasteiger partial charge in [-0.1, -0.05) is 34.6 Å². The number of hydrogen-bond donors (Lipinski definition) is 1. The van der Waals surface area contributed by atoms with Gasteiger partial charge in [0.05, 0.1) is 19.3 Å². The highest BCUT2D eigenvalue weighted by Crippen LogP contribution is 2.27. The first-order valence-corrected chi connectivity index (χ1v) is 5.10. The van der Waals surface area contributed by atoms with Crippen molar-refractivity contribution in [2.75, 3.05) is 13.2 Å². The summed E-state index contributed by atoms with van der Waals surface area (Å²) in [7, 11) is 0. The summed E-state index contributed by atoms with van der Waals surface area (Å²) in [5.41, 5.74) is 0.166. The Morgan fingerprint density at radius 1 is 1.23 bits per heavy atom. The molecule has 0 aromatic heterocycles. The van der Waals surface area contributed by atoms with Gasteiger partial charge in [0.15, 0.2) is 0 Å². The molecule has 0 saturated carbocycles. The molecule has 13 heavy (non-hydrogen) atoms. The maximum atomic E-state index is 8.69. The molecule has 0 radical (unpaired) electrons. The van der Waals surface area contributed by atoms with Crippen LogP contribution in [0.3, 0.4) is 0 Å². The van der Waals surface area contributed by atoms with Crippen molar-refractivity contribution in [3.63, 3.8) is 0 Å². The summed E-state index contributed by atoms with van der Waals surface area (Å²) in [4.78, 5) is 0. The number of ether oxygens (including phenoxy) is 1. The zero-order chi connectivity index (χ0) is 10.5. The van der Waals surface area contributed by atoms with Gasteiger partial charge in [0.1, 0.15) is 0 Å². The largest absolute Gasteiger partial charge is 0.394 e. The third-order valence-corrected chi connectivity index (χ3v) is 2.06. The molecule has 80 valence electrons. The van der Waals surface area contributed by atoms with E-state index in [4.69, 9.17) is 9.84 Å². The Morgan fingerprint density at radius 2 is 1.77 bits per heavy atom. The molecular weight excluding hydrogens is 164 g/mol. The van der Waals surface area contributed by atoms with Crippen molar-refractivity contribution in [2.24, 2.45) is 11.3 Å². The van der Waals surface area contributed by atoms with Gasteiger partial charge in [-0.15, -0.1) is 0 Å². The number of rotatable bonds is 5. The minimum Gasteiger partial charge on any atom is -0.394 e. The fourth-order valence-corrected chi connectivity index (χ4v) is 1.29. The van der Waals surface area contributed by atoms with E-state index in [-0.39, 0.29) is 18.1 Å².